The van der Waals surface area contributed by atoms with E-state index in [9.17, 15) is 14.7 Å². The van der Waals surface area contributed by atoms with E-state index in [4.69, 9.17) is 4.74 Å². The van der Waals surface area contributed by atoms with Crippen LogP contribution in [-0.4, -0.2) is 17.0 Å². The number of rotatable bonds is 5. The van der Waals surface area contributed by atoms with Crippen LogP contribution in [0.3, 0.4) is 0 Å². The summed E-state index contributed by atoms with van der Waals surface area (Å²) in [5.41, 5.74) is 1.12. The number of carbonyl (C=O) groups excluding carboxylic acids is 1. The monoisotopic (exact) mass is 285 g/mol. The Hall–Kier alpha value is -2.82. The molecule has 0 bridgehead atoms. The summed E-state index contributed by atoms with van der Waals surface area (Å²) in [5, 5.41) is 11.7. The number of amides is 1. The first-order valence-electron chi connectivity index (χ1n) is 6.38. The molecule has 5 nitrogen and oxygen atoms in total. The molecule has 0 aliphatic carbocycles. The largest absolute Gasteiger partial charge is 0.487 e. The van der Waals surface area contributed by atoms with Gasteiger partial charge in [-0.05, 0) is 17.7 Å². The topological polar surface area (TPSA) is 75.6 Å². The van der Waals surface area contributed by atoms with Crippen LogP contribution in [0.2, 0.25) is 0 Å². The molecule has 0 atom stereocenters. The molecule has 0 spiro atoms. The highest BCUT2D eigenvalue weighted by Crippen LogP contribution is 2.29. The number of para-hydroxylation sites is 1. The van der Waals surface area contributed by atoms with Crippen molar-refractivity contribution < 1.29 is 19.4 Å². The number of aromatic carboxylic acids is 1. The van der Waals surface area contributed by atoms with Gasteiger partial charge in [0.1, 0.15) is 12.4 Å². The first kappa shape index (κ1) is 14.6. The van der Waals surface area contributed by atoms with E-state index in [1.807, 2.05) is 30.3 Å². The van der Waals surface area contributed by atoms with E-state index in [0.717, 1.165) is 5.56 Å². The minimum atomic E-state index is -1.12. The van der Waals surface area contributed by atoms with Gasteiger partial charge in [-0.1, -0.05) is 36.4 Å². The maximum absolute atomic E-state index is 11.3. The van der Waals surface area contributed by atoms with Crippen molar-refractivity contribution in [2.24, 2.45) is 0 Å². The van der Waals surface area contributed by atoms with Crippen LogP contribution in [0, 0.1) is 0 Å². The minimum absolute atomic E-state index is 0.00392. The Morgan fingerprint density at radius 1 is 1.10 bits per heavy atom. The van der Waals surface area contributed by atoms with Crippen molar-refractivity contribution in [3.8, 4) is 5.75 Å². The van der Waals surface area contributed by atoms with Crippen LogP contribution in [0.25, 0.3) is 0 Å². The molecule has 0 unspecified atom stereocenters. The third-order valence-electron chi connectivity index (χ3n) is 2.79. The molecular formula is C16H15NO4. The van der Waals surface area contributed by atoms with Gasteiger partial charge in [-0.2, -0.15) is 0 Å². The number of hydrogen-bond donors (Lipinski definition) is 2. The number of carboxylic acids is 1. The van der Waals surface area contributed by atoms with E-state index in [0.29, 0.717) is 5.75 Å². The number of nitrogens with one attached hydrogen (secondary N) is 1. The van der Waals surface area contributed by atoms with Crippen LogP contribution >= 0.6 is 0 Å². The summed E-state index contributed by atoms with van der Waals surface area (Å²) >= 11 is 0. The van der Waals surface area contributed by atoms with E-state index in [2.05, 4.69) is 5.32 Å². The molecule has 0 fully saturated rings. The first-order chi connectivity index (χ1) is 10.1. The van der Waals surface area contributed by atoms with Crippen molar-refractivity contribution in [1.82, 2.24) is 0 Å². The fraction of sp³-hybridized carbons (Fsp3) is 0.125. The number of carboxylic acid groups (broad SMARTS) is 1. The lowest BCUT2D eigenvalue weighted by molar-refractivity contribution is -0.114. The van der Waals surface area contributed by atoms with E-state index in [1.165, 1.54) is 13.0 Å². The van der Waals surface area contributed by atoms with Gasteiger partial charge in [-0.25, -0.2) is 4.79 Å². The van der Waals surface area contributed by atoms with Gasteiger partial charge < -0.3 is 15.2 Å². The average Bonchev–Trinajstić information content (AvgIpc) is 2.46. The summed E-state index contributed by atoms with van der Waals surface area (Å²) in [6, 6.07) is 14.1. The number of benzene rings is 2. The van der Waals surface area contributed by atoms with E-state index < -0.39 is 5.97 Å². The summed E-state index contributed by atoms with van der Waals surface area (Å²) in [5.74, 6) is -1.15. The fourth-order valence-electron chi connectivity index (χ4n) is 1.87. The Labute approximate surface area is 122 Å². The van der Waals surface area contributed by atoms with Crippen molar-refractivity contribution >= 4 is 17.6 Å². The molecular weight excluding hydrogens is 270 g/mol. The molecule has 2 aromatic rings. The molecule has 1 amide bonds. The average molecular weight is 285 g/mol. The molecule has 0 aliphatic heterocycles. The molecule has 2 N–H and O–H groups in total. The normalized spacial score (nSPS) is 9.95. The SMILES string of the molecule is CC(=O)Nc1c(OCc2ccccc2)cccc1C(=O)O. The molecule has 0 heterocycles. The van der Waals surface area contributed by atoms with Gasteiger partial charge in [-0.3, -0.25) is 4.79 Å². The highest BCUT2D eigenvalue weighted by atomic mass is 16.5. The van der Waals surface area contributed by atoms with Gasteiger partial charge >= 0.3 is 5.97 Å². The Balaban J connectivity index is 2.27. The Kier molecular flexibility index (Phi) is 4.56. The molecule has 0 aromatic heterocycles. The molecule has 21 heavy (non-hydrogen) atoms. The van der Waals surface area contributed by atoms with Crippen LogP contribution in [0.4, 0.5) is 5.69 Å². The highest BCUT2D eigenvalue weighted by molar-refractivity contribution is 6.01. The molecule has 0 saturated carbocycles. The second-order valence-electron chi connectivity index (χ2n) is 4.44. The molecule has 5 heteroatoms. The zero-order valence-electron chi connectivity index (χ0n) is 11.5. The summed E-state index contributed by atoms with van der Waals surface area (Å²) in [7, 11) is 0. The van der Waals surface area contributed by atoms with E-state index in [1.54, 1.807) is 12.1 Å². The lowest BCUT2D eigenvalue weighted by atomic mass is 10.1. The Bertz CT molecular complexity index is 653. The van der Waals surface area contributed by atoms with Crippen LogP contribution in [0.15, 0.2) is 48.5 Å². The quantitative estimate of drug-likeness (QED) is 0.885. The van der Waals surface area contributed by atoms with Crippen LogP contribution in [0.5, 0.6) is 5.75 Å². The van der Waals surface area contributed by atoms with Crippen molar-refractivity contribution in [2.45, 2.75) is 13.5 Å². The zero-order chi connectivity index (χ0) is 15.2. The lowest BCUT2D eigenvalue weighted by Gasteiger charge is -2.14. The second kappa shape index (κ2) is 6.56. The number of ether oxygens (including phenoxy) is 1. The molecule has 0 radical (unpaired) electrons. The second-order valence-corrected chi connectivity index (χ2v) is 4.44. The van der Waals surface area contributed by atoms with Gasteiger partial charge in [0.15, 0.2) is 0 Å². The number of hydrogen-bond acceptors (Lipinski definition) is 3. The van der Waals surface area contributed by atoms with Gasteiger partial charge in [0.25, 0.3) is 0 Å². The standard InChI is InChI=1S/C16H15NO4/c1-11(18)17-15-13(16(19)20)8-5-9-14(15)21-10-12-6-3-2-4-7-12/h2-9H,10H2,1H3,(H,17,18)(H,19,20). The smallest absolute Gasteiger partial charge is 0.337 e. The maximum atomic E-state index is 11.3. The highest BCUT2D eigenvalue weighted by Gasteiger charge is 2.16. The summed E-state index contributed by atoms with van der Waals surface area (Å²) in [4.78, 5) is 22.5. The first-order valence-corrected chi connectivity index (χ1v) is 6.38. The number of anilines is 1. The van der Waals surface area contributed by atoms with Crippen LogP contribution in [0.1, 0.15) is 22.8 Å². The van der Waals surface area contributed by atoms with Crippen molar-refractivity contribution in [2.75, 3.05) is 5.32 Å². The van der Waals surface area contributed by atoms with Crippen molar-refractivity contribution in [3.63, 3.8) is 0 Å². The molecule has 0 saturated heterocycles. The van der Waals surface area contributed by atoms with Crippen LogP contribution < -0.4 is 10.1 Å². The van der Waals surface area contributed by atoms with Crippen molar-refractivity contribution in [1.29, 1.82) is 0 Å². The summed E-state index contributed by atoms with van der Waals surface area (Å²) < 4.78 is 5.64. The van der Waals surface area contributed by atoms with E-state index >= 15 is 0 Å². The van der Waals surface area contributed by atoms with Gasteiger partial charge in [0, 0.05) is 6.92 Å². The third-order valence-corrected chi connectivity index (χ3v) is 2.79. The molecule has 0 aliphatic rings. The summed E-state index contributed by atoms with van der Waals surface area (Å²) in [6.45, 7) is 1.61. The zero-order valence-corrected chi connectivity index (χ0v) is 11.5. The Morgan fingerprint density at radius 3 is 2.43 bits per heavy atom. The number of carbonyl (C=O) groups is 2. The third kappa shape index (κ3) is 3.82. The fourth-order valence-corrected chi connectivity index (χ4v) is 1.87. The van der Waals surface area contributed by atoms with Crippen molar-refractivity contribution in [3.05, 3.63) is 59.7 Å². The van der Waals surface area contributed by atoms with Gasteiger partial charge in [0.05, 0.1) is 11.3 Å². The molecule has 108 valence electrons. The maximum Gasteiger partial charge on any atom is 0.337 e. The predicted molar refractivity (Wildman–Crippen MR) is 78.5 cm³/mol. The van der Waals surface area contributed by atoms with E-state index in [-0.39, 0.29) is 23.8 Å². The molecule has 2 rings (SSSR count). The predicted octanol–water partition coefficient (Wildman–Crippen LogP) is 2.92. The molecule has 2 aromatic carbocycles. The van der Waals surface area contributed by atoms with Gasteiger partial charge in [-0.15, -0.1) is 0 Å². The minimum Gasteiger partial charge on any atom is -0.487 e. The Morgan fingerprint density at radius 2 is 1.81 bits per heavy atom. The summed E-state index contributed by atoms with van der Waals surface area (Å²) in [6.07, 6.45) is 0. The van der Waals surface area contributed by atoms with Crippen LogP contribution in [-0.2, 0) is 11.4 Å². The lowest BCUT2D eigenvalue weighted by Crippen LogP contribution is -2.12. The van der Waals surface area contributed by atoms with Gasteiger partial charge in [0.2, 0.25) is 5.91 Å².